The van der Waals surface area contributed by atoms with E-state index in [1.54, 1.807) is 0 Å². The third-order valence-electron chi connectivity index (χ3n) is 15.2. The molecular weight excluding hydrogens is 1130 g/mol. The van der Waals surface area contributed by atoms with Gasteiger partial charge in [0.25, 0.3) is 0 Å². The van der Waals surface area contributed by atoms with Crippen LogP contribution < -0.4 is 0 Å². The molecule has 19 heteroatoms. The minimum absolute atomic E-state index is 0.104. The first-order valence-corrected chi connectivity index (χ1v) is 37.5. The molecule has 0 aromatic heterocycles. The Morgan fingerprint density at radius 1 is 0.318 bits per heavy atom. The number of hydrogen-bond acceptors (Lipinski definition) is 15. The monoisotopic (exact) mass is 1250 g/mol. The van der Waals surface area contributed by atoms with Crippen molar-refractivity contribution in [2.24, 2.45) is 11.8 Å². The summed E-state index contributed by atoms with van der Waals surface area (Å²) in [4.78, 5) is 72.0. The van der Waals surface area contributed by atoms with Crippen molar-refractivity contribution in [3.05, 3.63) is 0 Å². The van der Waals surface area contributed by atoms with E-state index in [2.05, 4.69) is 41.5 Å². The molecule has 0 aliphatic rings. The standard InChI is InChI=1S/C66H128O17P2/c1-7-9-11-13-14-31-38-44-50-65(70)82-61(54-76-63(68)48-42-34-12-10-8-2)56-80-84(72,73)78-52-60(67)53-79-85(74,75)81-57-62(55-77-64(69)49-43-37-32-27-24-23-26-30-36-41-47-59(5)6)83-66(71)51-45-39-33-28-22-20-18-16-15-17-19-21-25-29-35-40-46-58(3)4/h58-62,67H,7-57H2,1-6H3,(H,72,73)(H,74,75)/t60-,61+,62+/m0/s1. The Bertz CT molecular complexity index is 1670. The van der Waals surface area contributed by atoms with Gasteiger partial charge in [0.1, 0.15) is 19.3 Å². The van der Waals surface area contributed by atoms with Crippen molar-refractivity contribution < 1.29 is 80.2 Å². The zero-order chi connectivity index (χ0) is 62.9. The van der Waals surface area contributed by atoms with Gasteiger partial charge in [-0.05, 0) is 37.5 Å². The van der Waals surface area contributed by atoms with Crippen LogP contribution in [-0.2, 0) is 65.4 Å². The summed E-state index contributed by atoms with van der Waals surface area (Å²) >= 11 is 0. The first kappa shape index (κ1) is 83.1. The summed E-state index contributed by atoms with van der Waals surface area (Å²) in [6.07, 6.45) is 42.2. The second-order valence-electron chi connectivity index (χ2n) is 24.8. The molecule has 0 heterocycles. The molecule has 0 spiro atoms. The molecule has 0 saturated carbocycles. The average Bonchev–Trinajstić information content (AvgIpc) is 3.61. The molecule has 5 atom stereocenters. The van der Waals surface area contributed by atoms with E-state index in [1.807, 2.05) is 0 Å². The number of carbonyl (C=O) groups excluding carboxylic acids is 4. The molecule has 0 fully saturated rings. The Kier molecular flexibility index (Phi) is 57.1. The molecule has 0 aliphatic carbocycles. The lowest BCUT2D eigenvalue weighted by molar-refractivity contribution is -0.161. The van der Waals surface area contributed by atoms with Crippen molar-refractivity contribution in [2.45, 2.75) is 349 Å². The van der Waals surface area contributed by atoms with Crippen molar-refractivity contribution in [2.75, 3.05) is 39.6 Å². The SMILES string of the molecule is CCCCCCCCCCC(=O)O[C@H](COC(=O)CCCCCCC)COP(=O)(O)OC[C@H](O)COP(=O)(O)OC[C@@H](COC(=O)CCCCCCCCCCCCC(C)C)OC(=O)CCCCCCCCCCCCCCCCCCC(C)C. The number of rotatable bonds is 65. The first-order chi connectivity index (χ1) is 40.9. The molecule has 2 unspecified atom stereocenters. The van der Waals surface area contributed by atoms with Gasteiger partial charge in [0.2, 0.25) is 0 Å². The molecule has 85 heavy (non-hydrogen) atoms. The molecule has 504 valence electrons. The van der Waals surface area contributed by atoms with E-state index >= 15 is 0 Å². The fourth-order valence-electron chi connectivity index (χ4n) is 9.88. The highest BCUT2D eigenvalue weighted by molar-refractivity contribution is 7.47. The molecule has 3 N–H and O–H groups in total. The van der Waals surface area contributed by atoms with Crippen LogP contribution in [0.5, 0.6) is 0 Å². The van der Waals surface area contributed by atoms with Crippen LogP contribution in [0.4, 0.5) is 0 Å². The molecule has 0 saturated heterocycles. The number of phosphoric acid groups is 2. The van der Waals surface area contributed by atoms with Crippen LogP contribution in [0, 0.1) is 11.8 Å². The Morgan fingerprint density at radius 2 is 0.541 bits per heavy atom. The number of ether oxygens (including phenoxy) is 4. The quantitative estimate of drug-likeness (QED) is 0.0222. The molecular formula is C66H128O17P2. The summed E-state index contributed by atoms with van der Waals surface area (Å²) < 4.78 is 67.8. The van der Waals surface area contributed by atoms with Crippen LogP contribution in [0.15, 0.2) is 0 Å². The number of aliphatic hydroxyl groups is 1. The van der Waals surface area contributed by atoms with Crippen LogP contribution in [0.25, 0.3) is 0 Å². The third kappa shape index (κ3) is 60.7. The number of hydrogen-bond donors (Lipinski definition) is 3. The summed E-state index contributed by atoms with van der Waals surface area (Å²) in [5.74, 6) is -0.576. The smallest absolute Gasteiger partial charge is 0.462 e. The van der Waals surface area contributed by atoms with Gasteiger partial charge in [-0.2, -0.15) is 0 Å². The second kappa shape index (κ2) is 58.4. The highest BCUT2D eigenvalue weighted by Crippen LogP contribution is 2.45. The van der Waals surface area contributed by atoms with E-state index in [9.17, 15) is 43.2 Å². The lowest BCUT2D eigenvalue weighted by atomic mass is 10.0. The minimum atomic E-state index is -4.95. The first-order valence-electron chi connectivity index (χ1n) is 34.5. The van der Waals surface area contributed by atoms with Gasteiger partial charge >= 0.3 is 39.5 Å². The van der Waals surface area contributed by atoms with E-state index in [0.29, 0.717) is 25.7 Å². The molecule has 0 radical (unpaired) electrons. The van der Waals surface area contributed by atoms with Crippen molar-refractivity contribution in [3.63, 3.8) is 0 Å². The lowest BCUT2D eigenvalue weighted by Crippen LogP contribution is -2.30. The highest BCUT2D eigenvalue weighted by Gasteiger charge is 2.30. The van der Waals surface area contributed by atoms with Crippen molar-refractivity contribution in [1.82, 2.24) is 0 Å². The largest absolute Gasteiger partial charge is 0.472 e. The van der Waals surface area contributed by atoms with Crippen LogP contribution >= 0.6 is 15.6 Å². The lowest BCUT2D eigenvalue weighted by Gasteiger charge is -2.21. The van der Waals surface area contributed by atoms with Gasteiger partial charge in [-0.15, -0.1) is 0 Å². The van der Waals surface area contributed by atoms with Crippen molar-refractivity contribution in [1.29, 1.82) is 0 Å². The van der Waals surface area contributed by atoms with Crippen LogP contribution in [-0.4, -0.2) is 96.7 Å². The van der Waals surface area contributed by atoms with E-state index in [-0.39, 0.29) is 25.7 Å². The summed E-state index contributed by atoms with van der Waals surface area (Å²) in [6.45, 7) is 9.42. The Balaban J connectivity index is 5.12. The van der Waals surface area contributed by atoms with Gasteiger partial charge in [-0.1, -0.05) is 279 Å². The number of aliphatic hydroxyl groups excluding tert-OH is 1. The maximum atomic E-state index is 13.0. The fraction of sp³-hybridized carbons (Fsp3) is 0.939. The van der Waals surface area contributed by atoms with Crippen molar-refractivity contribution >= 4 is 39.5 Å². The zero-order valence-electron chi connectivity index (χ0n) is 54.9. The van der Waals surface area contributed by atoms with E-state index in [1.165, 1.54) is 135 Å². The molecule has 0 aliphatic heterocycles. The maximum Gasteiger partial charge on any atom is 0.472 e. The van der Waals surface area contributed by atoms with Gasteiger partial charge in [-0.3, -0.25) is 37.3 Å². The number of esters is 4. The summed E-state index contributed by atoms with van der Waals surface area (Å²) in [5, 5.41) is 10.5. The van der Waals surface area contributed by atoms with Gasteiger partial charge in [0.15, 0.2) is 12.2 Å². The van der Waals surface area contributed by atoms with Gasteiger partial charge < -0.3 is 33.8 Å². The van der Waals surface area contributed by atoms with Gasteiger partial charge in [0.05, 0.1) is 26.4 Å². The average molecular weight is 1260 g/mol. The Labute approximate surface area is 517 Å². The van der Waals surface area contributed by atoms with Crippen LogP contribution in [0.3, 0.4) is 0 Å². The predicted molar refractivity (Wildman–Crippen MR) is 340 cm³/mol. The fourth-order valence-corrected chi connectivity index (χ4v) is 11.5. The number of carbonyl (C=O) groups is 4. The molecule has 0 rings (SSSR count). The summed E-state index contributed by atoms with van der Waals surface area (Å²) in [5.41, 5.74) is 0. The van der Waals surface area contributed by atoms with Crippen LogP contribution in [0.1, 0.15) is 330 Å². The second-order valence-corrected chi connectivity index (χ2v) is 27.7. The van der Waals surface area contributed by atoms with E-state index in [4.69, 9.17) is 37.0 Å². The predicted octanol–water partition coefficient (Wildman–Crippen LogP) is 18.4. The summed E-state index contributed by atoms with van der Waals surface area (Å²) in [6, 6.07) is 0. The number of phosphoric ester groups is 2. The molecule has 0 aromatic rings. The Hall–Kier alpha value is -1.94. The zero-order valence-corrected chi connectivity index (χ0v) is 56.7. The van der Waals surface area contributed by atoms with E-state index in [0.717, 1.165) is 115 Å². The minimum Gasteiger partial charge on any atom is -0.462 e. The van der Waals surface area contributed by atoms with E-state index < -0.39 is 97.5 Å². The van der Waals surface area contributed by atoms with Crippen LogP contribution in [0.2, 0.25) is 0 Å². The normalized spacial score (nSPS) is 14.2. The molecule has 17 nitrogen and oxygen atoms in total. The van der Waals surface area contributed by atoms with Gasteiger partial charge in [0, 0.05) is 25.7 Å². The molecule has 0 amide bonds. The topological polar surface area (TPSA) is 237 Å². The summed E-state index contributed by atoms with van der Waals surface area (Å²) in [7, 11) is -9.88. The molecule has 0 aromatic carbocycles. The number of unbranched alkanes of at least 4 members (excludes halogenated alkanes) is 35. The highest BCUT2D eigenvalue weighted by atomic mass is 31.2. The van der Waals surface area contributed by atoms with Gasteiger partial charge in [-0.25, -0.2) is 9.13 Å². The van der Waals surface area contributed by atoms with Crippen molar-refractivity contribution in [3.8, 4) is 0 Å². The maximum absolute atomic E-state index is 13.0. The Morgan fingerprint density at radius 3 is 0.800 bits per heavy atom. The third-order valence-corrected chi connectivity index (χ3v) is 17.1. The molecule has 0 bridgehead atoms.